The highest BCUT2D eigenvalue weighted by molar-refractivity contribution is 5.77. The zero-order valence-electron chi connectivity index (χ0n) is 11.8. The summed E-state index contributed by atoms with van der Waals surface area (Å²) >= 11 is 0. The van der Waals surface area contributed by atoms with Crippen molar-refractivity contribution in [3.63, 3.8) is 0 Å². The number of rotatable bonds is 9. The molecule has 0 aliphatic carbocycles. The Morgan fingerprint density at radius 1 is 1.28 bits per heavy atom. The van der Waals surface area contributed by atoms with Gasteiger partial charge in [-0.1, -0.05) is 13.8 Å². The van der Waals surface area contributed by atoms with Crippen LogP contribution in [0.1, 0.15) is 40.0 Å². The van der Waals surface area contributed by atoms with Crippen molar-refractivity contribution < 1.29 is 19.4 Å². The van der Waals surface area contributed by atoms with Crippen molar-refractivity contribution in [2.75, 3.05) is 20.3 Å². The predicted octanol–water partition coefficient (Wildman–Crippen LogP) is 1.76. The molecule has 0 aliphatic heterocycles. The van der Waals surface area contributed by atoms with Crippen LogP contribution < -0.4 is 0 Å². The molecule has 5 heteroatoms. The van der Waals surface area contributed by atoms with Crippen LogP contribution in [0.3, 0.4) is 0 Å². The van der Waals surface area contributed by atoms with Gasteiger partial charge in [-0.15, -0.1) is 0 Å². The molecule has 0 bridgehead atoms. The van der Waals surface area contributed by atoms with E-state index >= 15 is 0 Å². The summed E-state index contributed by atoms with van der Waals surface area (Å²) in [5.74, 6) is -0.985. The molecule has 0 saturated heterocycles. The van der Waals surface area contributed by atoms with Gasteiger partial charge >= 0.3 is 5.97 Å². The normalized spacial score (nSPS) is 14.0. The molecule has 2 atom stereocenters. The van der Waals surface area contributed by atoms with Crippen molar-refractivity contribution in [1.82, 2.24) is 4.90 Å². The summed E-state index contributed by atoms with van der Waals surface area (Å²) in [7, 11) is 1.60. The van der Waals surface area contributed by atoms with Gasteiger partial charge in [0.05, 0.1) is 6.61 Å². The Labute approximate surface area is 109 Å². The van der Waals surface area contributed by atoms with Crippen LogP contribution in [-0.2, 0) is 14.3 Å². The van der Waals surface area contributed by atoms with E-state index in [1.165, 1.54) is 0 Å². The topological polar surface area (TPSA) is 66.8 Å². The Morgan fingerprint density at radius 3 is 2.33 bits per heavy atom. The number of aliphatic carboxylic acids is 1. The van der Waals surface area contributed by atoms with Crippen molar-refractivity contribution in [2.24, 2.45) is 5.92 Å². The zero-order chi connectivity index (χ0) is 14.1. The first kappa shape index (κ1) is 16.9. The van der Waals surface area contributed by atoms with Gasteiger partial charge in [-0.05, 0) is 19.3 Å². The highest BCUT2D eigenvalue weighted by Gasteiger charge is 2.21. The van der Waals surface area contributed by atoms with Crippen LogP contribution in [0.5, 0.6) is 0 Å². The largest absolute Gasteiger partial charge is 0.481 e. The lowest BCUT2D eigenvalue weighted by molar-refractivity contribution is -0.139. The summed E-state index contributed by atoms with van der Waals surface area (Å²) in [6.45, 7) is 6.87. The Hall–Kier alpha value is -1.10. The molecule has 18 heavy (non-hydrogen) atoms. The summed E-state index contributed by atoms with van der Waals surface area (Å²) < 4.78 is 5.00. The molecular weight excluding hydrogens is 234 g/mol. The third-order valence-electron chi connectivity index (χ3n) is 3.03. The zero-order valence-corrected chi connectivity index (χ0v) is 11.8. The number of hydrogen-bond acceptors (Lipinski definition) is 3. The molecule has 0 fully saturated rings. The van der Waals surface area contributed by atoms with Crippen molar-refractivity contribution in [1.29, 1.82) is 0 Å². The molecule has 0 radical (unpaired) electrons. The number of amides is 1. The smallest absolute Gasteiger partial charge is 0.303 e. The number of carbonyl (C=O) groups excluding carboxylic acids is 1. The van der Waals surface area contributed by atoms with Crippen LogP contribution in [-0.4, -0.2) is 48.2 Å². The minimum atomic E-state index is -0.859. The average molecular weight is 259 g/mol. The van der Waals surface area contributed by atoms with Crippen molar-refractivity contribution in [3.05, 3.63) is 0 Å². The number of nitrogens with zero attached hydrogens (tertiary/aromatic N) is 1. The number of carboxylic acid groups (broad SMARTS) is 1. The van der Waals surface area contributed by atoms with Crippen LogP contribution in [0.4, 0.5) is 0 Å². The molecule has 0 heterocycles. The quantitative estimate of drug-likeness (QED) is 0.685. The van der Waals surface area contributed by atoms with E-state index in [1.807, 2.05) is 13.8 Å². The maximum atomic E-state index is 12.1. The molecular formula is C13H25NO4. The predicted molar refractivity (Wildman–Crippen MR) is 69.4 cm³/mol. The molecule has 1 N–H and O–H groups in total. The van der Waals surface area contributed by atoms with E-state index in [2.05, 4.69) is 0 Å². The van der Waals surface area contributed by atoms with Crippen molar-refractivity contribution >= 4 is 11.9 Å². The second kappa shape index (κ2) is 8.91. The fourth-order valence-corrected chi connectivity index (χ4v) is 1.79. The number of carbonyl (C=O) groups is 2. The van der Waals surface area contributed by atoms with E-state index in [0.29, 0.717) is 13.2 Å². The van der Waals surface area contributed by atoms with Crippen LogP contribution in [0.25, 0.3) is 0 Å². The summed E-state index contributed by atoms with van der Waals surface area (Å²) in [6.07, 6.45) is 1.19. The first-order chi connectivity index (χ1) is 8.42. The summed E-state index contributed by atoms with van der Waals surface area (Å²) in [6, 6.07) is 0.157. The number of ether oxygens (including phenoxy) is 1. The van der Waals surface area contributed by atoms with Gasteiger partial charge in [-0.2, -0.15) is 0 Å². The second-order valence-corrected chi connectivity index (χ2v) is 4.74. The van der Waals surface area contributed by atoms with E-state index in [-0.39, 0.29) is 30.7 Å². The average Bonchev–Trinajstić information content (AvgIpc) is 2.27. The molecule has 106 valence electrons. The molecule has 0 aliphatic rings. The third-order valence-corrected chi connectivity index (χ3v) is 3.03. The van der Waals surface area contributed by atoms with Crippen LogP contribution in [0.15, 0.2) is 0 Å². The second-order valence-electron chi connectivity index (χ2n) is 4.74. The van der Waals surface area contributed by atoms with Gasteiger partial charge in [0.1, 0.15) is 0 Å². The van der Waals surface area contributed by atoms with Gasteiger partial charge in [0, 0.05) is 32.5 Å². The van der Waals surface area contributed by atoms with Gasteiger partial charge in [0.15, 0.2) is 0 Å². The minimum absolute atomic E-state index is 0.00940. The molecule has 0 spiro atoms. The molecule has 1 amide bonds. The van der Waals surface area contributed by atoms with Gasteiger partial charge in [0.25, 0.3) is 0 Å². The highest BCUT2D eigenvalue weighted by atomic mass is 16.5. The van der Waals surface area contributed by atoms with E-state index < -0.39 is 5.97 Å². The molecule has 0 aromatic carbocycles. The van der Waals surface area contributed by atoms with Gasteiger partial charge in [0.2, 0.25) is 5.91 Å². The first-order valence-electron chi connectivity index (χ1n) is 6.42. The maximum absolute atomic E-state index is 12.1. The Bertz CT molecular complexity index is 268. The Kier molecular flexibility index (Phi) is 8.37. The lowest BCUT2D eigenvalue weighted by Gasteiger charge is -2.29. The highest BCUT2D eigenvalue weighted by Crippen LogP contribution is 2.13. The maximum Gasteiger partial charge on any atom is 0.303 e. The van der Waals surface area contributed by atoms with Crippen LogP contribution in [0.2, 0.25) is 0 Å². The summed E-state index contributed by atoms with van der Waals surface area (Å²) in [5, 5.41) is 8.69. The molecule has 5 nitrogen and oxygen atoms in total. The lowest BCUT2D eigenvalue weighted by atomic mass is 10.0. The van der Waals surface area contributed by atoms with Crippen LogP contribution >= 0.6 is 0 Å². The minimum Gasteiger partial charge on any atom is -0.481 e. The molecule has 0 aromatic heterocycles. The van der Waals surface area contributed by atoms with E-state index in [4.69, 9.17) is 9.84 Å². The number of hydrogen-bond donors (Lipinski definition) is 1. The lowest BCUT2D eigenvalue weighted by Crippen LogP contribution is -2.41. The number of methoxy groups -OCH3 is 1. The molecule has 0 rings (SSSR count). The Balaban J connectivity index is 4.40. The standard InChI is InChI=1S/C13H25NO4/c1-5-11(3)14(6-7-18-4)12(15)8-10(2)9-13(16)17/h10-11H,5-9H2,1-4H3,(H,16,17). The fourth-order valence-electron chi connectivity index (χ4n) is 1.79. The van der Waals surface area contributed by atoms with Crippen LogP contribution in [0, 0.1) is 5.92 Å². The Morgan fingerprint density at radius 2 is 1.89 bits per heavy atom. The SMILES string of the molecule is CCC(C)N(CCOC)C(=O)CC(C)CC(=O)O. The van der Waals surface area contributed by atoms with Gasteiger partial charge in [-0.3, -0.25) is 9.59 Å². The molecule has 0 saturated carbocycles. The van der Waals surface area contributed by atoms with E-state index in [9.17, 15) is 9.59 Å². The number of carboxylic acids is 1. The summed E-state index contributed by atoms with van der Waals surface area (Å²) in [4.78, 5) is 24.5. The first-order valence-corrected chi connectivity index (χ1v) is 6.42. The van der Waals surface area contributed by atoms with E-state index in [0.717, 1.165) is 6.42 Å². The third kappa shape index (κ3) is 6.59. The molecule has 2 unspecified atom stereocenters. The fraction of sp³-hybridized carbons (Fsp3) is 0.846. The van der Waals surface area contributed by atoms with Crippen molar-refractivity contribution in [3.8, 4) is 0 Å². The van der Waals surface area contributed by atoms with Crippen molar-refractivity contribution in [2.45, 2.75) is 46.1 Å². The molecule has 0 aromatic rings. The monoisotopic (exact) mass is 259 g/mol. The van der Waals surface area contributed by atoms with Gasteiger partial charge in [-0.25, -0.2) is 0 Å². The summed E-state index contributed by atoms with van der Waals surface area (Å²) in [5.41, 5.74) is 0. The van der Waals surface area contributed by atoms with E-state index in [1.54, 1.807) is 18.9 Å². The van der Waals surface area contributed by atoms with Gasteiger partial charge < -0.3 is 14.7 Å².